The molecule has 7 aromatic rings. The zero-order valence-corrected chi connectivity index (χ0v) is 31.1. The number of hydrogen-bond acceptors (Lipinski definition) is 2. The lowest BCUT2D eigenvalue weighted by molar-refractivity contribution is -0.00514. The van der Waals surface area contributed by atoms with Gasteiger partial charge >= 0.3 is 0 Å². The predicted octanol–water partition coefficient (Wildman–Crippen LogP) is 11.6. The summed E-state index contributed by atoms with van der Waals surface area (Å²) >= 11 is 0. The van der Waals surface area contributed by atoms with Crippen LogP contribution < -0.4 is 26.2 Å². The molecule has 4 aliphatic carbocycles. The first-order valence-corrected chi connectivity index (χ1v) is 20.5. The van der Waals surface area contributed by atoms with Crippen LogP contribution in [0.5, 0.6) is 0 Å². The van der Waals surface area contributed by atoms with Gasteiger partial charge in [0.25, 0.3) is 6.71 Å². The molecule has 6 aliphatic rings. The summed E-state index contributed by atoms with van der Waals surface area (Å²) in [5.41, 5.74) is 18.7. The van der Waals surface area contributed by atoms with Crippen molar-refractivity contribution in [3.05, 3.63) is 175 Å². The zero-order chi connectivity index (χ0) is 36.1. The number of benzene rings is 7. The molecule has 0 amide bonds. The molecule has 264 valence electrons. The lowest BCUT2D eigenvalue weighted by Crippen LogP contribution is -2.61. The molecule has 13 rings (SSSR count). The van der Waals surface area contributed by atoms with Crippen LogP contribution in [0.2, 0.25) is 0 Å². The van der Waals surface area contributed by atoms with E-state index in [0.717, 1.165) is 17.8 Å². The second-order valence-electron chi connectivity index (χ2n) is 17.2. The van der Waals surface area contributed by atoms with Gasteiger partial charge in [0.05, 0.1) is 0 Å². The van der Waals surface area contributed by atoms with Gasteiger partial charge < -0.3 is 9.80 Å². The average Bonchev–Trinajstić information content (AvgIpc) is 3.24. The van der Waals surface area contributed by atoms with E-state index in [2.05, 4.69) is 180 Å². The molecular weight excluding hydrogens is 663 g/mol. The summed E-state index contributed by atoms with van der Waals surface area (Å²) in [5, 5.41) is 0. The van der Waals surface area contributed by atoms with Crippen molar-refractivity contribution < 1.29 is 0 Å². The van der Waals surface area contributed by atoms with Gasteiger partial charge in [-0.25, -0.2) is 0 Å². The third-order valence-corrected chi connectivity index (χ3v) is 14.0. The monoisotopic (exact) mass is 706 g/mol. The number of rotatable bonds is 5. The van der Waals surface area contributed by atoms with Gasteiger partial charge in [-0.1, -0.05) is 121 Å². The maximum Gasteiger partial charge on any atom is 0.252 e. The fourth-order valence-corrected chi connectivity index (χ4v) is 12.1. The van der Waals surface area contributed by atoms with Gasteiger partial charge in [-0.15, -0.1) is 0 Å². The third kappa shape index (κ3) is 4.88. The smallest absolute Gasteiger partial charge is 0.252 e. The second-order valence-corrected chi connectivity index (χ2v) is 17.2. The molecular formula is C52H43BN2. The largest absolute Gasteiger partial charge is 0.311 e. The molecule has 3 heteroatoms. The number of hydrogen-bond donors (Lipinski definition) is 0. The fraction of sp³-hybridized carbons (Fsp3) is 0.192. The molecule has 2 heterocycles. The molecule has 55 heavy (non-hydrogen) atoms. The minimum atomic E-state index is 0.154. The maximum absolute atomic E-state index is 2.67. The molecule has 4 saturated carbocycles. The number of anilines is 6. The molecule has 0 unspecified atom stereocenters. The lowest BCUT2D eigenvalue weighted by atomic mass is 9.33. The van der Waals surface area contributed by atoms with Crippen molar-refractivity contribution in [3.63, 3.8) is 0 Å². The van der Waals surface area contributed by atoms with E-state index >= 15 is 0 Å². The van der Waals surface area contributed by atoms with Gasteiger partial charge in [-0.3, -0.25) is 0 Å². The highest BCUT2D eigenvalue weighted by Crippen LogP contribution is 2.61. The van der Waals surface area contributed by atoms with E-state index in [9.17, 15) is 0 Å². The molecule has 7 aromatic carbocycles. The molecule has 4 fully saturated rings. The third-order valence-electron chi connectivity index (χ3n) is 14.0. The van der Waals surface area contributed by atoms with Crippen LogP contribution >= 0.6 is 0 Å². The zero-order valence-electron chi connectivity index (χ0n) is 31.1. The van der Waals surface area contributed by atoms with Crippen LogP contribution in [0.4, 0.5) is 34.1 Å². The quantitative estimate of drug-likeness (QED) is 0.164. The molecule has 0 atom stereocenters. The highest BCUT2D eigenvalue weighted by atomic mass is 15.2. The number of nitrogens with zero attached hydrogens (tertiary/aromatic N) is 2. The van der Waals surface area contributed by atoms with Crippen LogP contribution in [0.15, 0.2) is 170 Å². The lowest BCUT2D eigenvalue weighted by Gasteiger charge is -2.57. The minimum Gasteiger partial charge on any atom is -0.311 e. The van der Waals surface area contributed by atoms with E-state index in [1.807, 2.05) is 0 Å². The topological polar surface area (TPSA) is 6.48 Å². The van der Waals surface area contributed by atoms with E-state index in [1.54, 1.807) is 5.56 Å². The molecule has 0 saturated heterocycles. The molecule has 4 bridgehead atoms. The van der Waals surface area contributed by atoms with E-state index < -0.39 is 0 Å². The van der Waals surface area contributed by atoms with Crippen LogP contribution in [0, 0.1) is 17.8 Å². The van der Waals surface area contributed by atoms with Crippen LogP contribution in [0.25, 0.3) is 22.3 Å². The summed E-state index contributed by atoms with van der Waals surface area (Å²) in [6, 6.07) is 63.9. The Morgan fingerprint density at radius 2 is 0.800 bits per heavy atom. The van der Waals surface area contributed by atoms with Gasteiger partial charge in [-0.2, -0.15) is 0 Å². The SMILES string of the molecule is c1ccc(-c2ccc(-c3ccc(N4c5ccccc5B5c6ccccc6N(c6ccccc6)c6cc(C78CC9CC(CC(C9)C7)C8)cc4c65)cc3)cc2)cc1. The number of fused-ring (bicyclic) bond motifs is 4. The summed E-state index contributed by atoms with van der Waals surface area (Å²) in [5.74, 6) is 2.63. The van der Waals surface area contributed by atoms with E-state index in [1.165, 1.54) is 111 Å². The first-order chi connectivity index (χ1) is 27.2. The molecule has 0 radical (unpaired) electrons. The van der Waals surface area contributed by atoms with Crippen molar-refractivity contribution in [1.29, 1.82) is 0 Å². The highest BCUT2D eigenvalue weighted by molar-refractivity contribution is 7.00. The summed E-state index contributed by atoms with van der Waals surface area (Å²) in [6.45, 7) is 0.154. The maximum atomic E-state index is 2.67. The normalized spacial score (nSPS) is 22.6. The summed E-state index contributed by atoms with van der Waals surface area (Å²) < 4.78 is 0. The van der Waals surface area contributed by atoms with Gasteiger partial charge in [0.1, 0.15) is 0 Å². The summed E-state index contributed by atoms with van der Waals surface area (Å²) in [6.07, 6.45) is 8.38. The summed E-state index contributed by atoms with van der Waals surface area (Å²) in [7, 11) is 0. The highest BCUT2D eigenvalue weighted by Gasteiger charge is 2.53. The molecule has 0 spiro atoms. The Morgan fingerprint density at radius 3 is 1.31 bits per heavy atom. The van der Waals surface area contributed by atoms with Gasteiger partial charge in [0.15, 0.2) is 0 Å². The Balaban J connectivity index is 1.05. The van der Waals surface area contributed by atoms with Crippen molar-refractivity contribution in [2.75, 3.05) is 9.80 Å². The molecule has 0 aromatic heterocycles. The Kier molecular flexibility index (Phi) is 6.94. The number of para-hydroxylation sites is 3. The molecule has 0 N–H and O–H groups in total. The van der Waals surface area contributed by atoms with E-state index in [4.69, 9.17) is 0 Å². The first kappa shape index (κ1) is 31.5. The fourth-order valence-electron chi connectivity index (χ4n) is 12.1. The Hall–Kier alpha value is -5.80. The van der Waals surface area contributed by atoms with E-state index in [0.29, 0.717) is 0 Å². The molecule has 2 aliphatic heterocycles. The summed E-state index contributed by atoms with van der Waals surface area (Å²) in [4.78, 5) is 5.19. The molecule has 2 nitrogen and oxygen atoms in total. The van der Waals surface area contributed by atoms with Crippen molar-refractivity contribution in [1.82, 2.24) is 0 Å². The van der Waals surface area contributed by atoms with Crippen molar-refractivity contribution in [3.8, 4) is 22.3 Å². The standard InChI is InChI=1S/C52H43BN2/c1-3-11-38(12-4-1)39-19-21-40(22-20-39)41-23-25-44(26-24-41)55-48-18-10-8-16-46(48)53-45-15-7-9-17-47(45)54(43-13-5-2-6-14-43)49-30-42(31-50(55)51(49)53)52-32-35-27-36(33-52)29-37(28-35)34-52/h1-26,30-31,35-37H,27-29,32-34H2. The van der Waals surface area contributed by atoms with Crippen LogP contribution in [0.3, 0.4) is 0 Å². The predicted molar refractivity (Wildman–Crippen MR) is 231 cm³/mol. The Labute approximate surface area is 325 Å². The van der Waals surface area contributed by atoms with Crippen molar-refractivity contribution >= 4 is 57.2 Å². The average molecular weight is 707 g/mol. The van der Waals surface area contributed by atoms with Crippen molar-refractivity contribution in [2.45, 2.75) is 43.9 Å². The van der Waals surface area contributed by atoms with E-state index in [-0.39, 0.29) is 12.1 Å². The van der Waals surface area contributed by atoms with Gasteiger partial charge in [-0.05, 0) is 154 Å². The van der Waals surface area contributed by atoms with Gasteiger partial charge in [0, 0.05) is 34.1 Å². The van der Waals surface area contributed by atoms with Gasteiger partial charge in [0.2, 0.25) is 0 Å². The second kappa shape index (κ2) is 12.1. The Morgan fingerprint density at radius 1 is 0.400 bits per heavy atom. The minimum absolute atomic E-state index is 0.154. The van der Waals surface area contributed by atoms with Crippen LogP contribution in [-0.2, 0) is 5.41 Å². The first-order valence-electron chi connectivity index (χ1n) is 20.5. The van der Waals surface area contributed by atoms with Crippen LogP contribution in [0.1, 0.15) is 44.1 Å². The van der Waals surface area contributed by atoms with Crippen LogP contribution in [-0.4, -0.2) is 6.71 Å². The Bertz CT molecular complexity index is 2540. The van der Waals surface area contributed by atoms with Crippen molar-refractivity contribution in [2.24, 2.45) is 17.8 Å².